The van der Waals surface area contributed by atoms with Gasteiger partial charge in [0.1, 0.15) is 0 Å². The fraction of sp³-hybridized carbons (Fsp3) is 0.765. The largest absolute Gasteiger partial charge is 0.342 e. The number of rotatable bonds is 5. The molecule has 3 heterocycles. The van der Waals surface area contributed by atoms with Crippen molar-refractivity contribution in [3.8, 4) is 0 Å². The normalized spacial score (nSPS) is 22.0. The second kappa shape index (κ2) is 7.45. The molecule has 2 aliphatic heterocycles. The molecule has 1 aromatic rings. The van der Waals surface area contributed by atoms with Crippen molar-refractivity contribution < 1.29 is 13.2 Å². The van der Waals surface area contributed by atoms with Crippen LogP contribution in [0.2, 0.25) is 0 Å². The smallest absolute Gasteiger partial charge is 0.233 e. The third-order valence-corrected chi connectivity index (χ3v) is 7.02. The third kappa shape index (κ3) is 4.06. The summed E-state index contributed by atoms with van der Waals surface area (Å²) in [4.78, 5) is 21.6. The Hall–Kier alpha value is -1.41. The number of aryl methyl sites for hydroxylation is 1. The maximum Gasteiger partial charge on any atom is 0.233 e. The van der Waals surface area contributed by atoms with Crippen molar-refractivity contribution in [1.82, 2.24) is 19.4 Å². The molecule has 0 N–H and O–H groups in total. The summed E-state index contributed by atoms with van der Waals surface area (Å²) in [7, 11) is -1.08. The van der Waals surface area contributed by atoms with Gasteiger partial charge in [-0.15, -0.1) is 0 Å². The number of amides is 1. The number of nitrogens with zero attached hydrogens (tertiary/aromatic N) is 4. The average Bonchev–Trinajstić information content (AvgIpc) is 3.00. The predicted octanol–water partition coefficient (Wildman–Crippen LogP) is 0.767. The maximum absolute atomic E-state index is 13.1. The molecule has 0 spiro atoms. The molecule has 0 radical (unpaired) electrons. The number of hydrogen-bond acceptors (Lipinski definition) is 5. The van der Waals surface area contributed by atoms with E-state index in [1.165, 1.54) is 6.42 Å². The molecule has 0 bridgehead atoms. The Labute approximate surface area is 149 Å². The van der Waals surface area contributed by atoms with Crippen molar-refractivity contribution in [3.05, 3.63) is 17.7 Å². The van der Waals surface area contributed by atoms with Crippen LogP contribution in [-0.4, -0.2) is 71.4 Å². The zero-order valence-corrected chi connectivity index (χ0v) is 16.0. The standard InChI is InChI=1S/C17H28N4O3S/c1-3-25(23,24)10-9-20-11-14(16-15(12-20)18-13-19(16)2)17(22)21-7-5-4-6-8-21/h13-14H,3-12H2,1-2H3/t14-/m0/s1. The molecule has 25 heavy (non-hydrogen) atoms. The van der Waals surface area contributed by atoms with E-state index >= 15 is 0 Å². The first kappa shape index (κ1) is 18.4. The van der Waals surface area contributed by atoms with Gasteiger partial charge in [-0.1, -0.05) is 6.92 Å². The number of aromatic nitrogens is 2. The first-order chi connectivity index (χ1) is 11.9. The van der Waals surface area contributed by atoms with E-state index in [-0.39, 0.29) is 23.3 Å². The number of fused-ring (bicyclic) bond motifs is 1. The number of hydrogen-bond donors (Lipinski definition) is 0. The van der Waals surface area contributed by atoms with Crippen LogP contribution >= 0.6 is 0 Å². The van der Waals surface area contributed by atoms with Gasteiger partial charge in [0, 0.05) is 45.5 Å². The number of imidazole rings is 1. The van der Waals surface area contributed by atoms with Crippen molar-refractivity contribution >= 4 is 15.7 Å². The number of sulfone groups is 1. The first-order valence-electron chi connectivity index (χ1n) is 9.13. The van der Waals surface area contributed by atoms with Gasteiger partial charge in [-0.3, -0.25) is 9.69 Å². The maximum atomic E-state index is 13.1. The summed E-state index contributed by atoms with van der Waals surface area (Å²) in [5.41, 5.74) is 1.89. The molecule has 1 amide bonds. The van der Waals surface area contributed by atoms with Gasteiger partial charge in [0.15, 0.2) is 9.84 Å². The lowest BCUT2D eigenvalue weighted by Crippen LogP contribution is -2.46. The van der Waals surface area contributed by atoms with Gasteiger partial charge in [-0.2, -0.15) is 0 Å². The van der Waals surface area contributed by atoms with Crippen LogP contribution in [0.5, 0.6) is 0 Å². The summed E-state index contributed by atoms with van der Waals surface area (Å²) in [5.74, 6) is 0.202. The van der Waals surface area contributed by atoms with Gasteiger partial charge >= 0.3 is 0 Å². The summed E-state index contributed by atoms with van der Waals surface area (Å²) in [6.45, 7) is 4.96. The molecule has 0 aromatic carbocycles. The molecular weight excluding hydrogens is 340 g/mol. The Morgan fingerprint density at radius 2 is 2.00 bits per heavy atom. The van der Waals surface area contributed by atoms with Gasteiger partial charge in [0.25, 0.3) is 0 Å². The second-order valence-electron chi connectivity index (χ2n) is 7.10. The Bertz CT molecular complexity index is 722. The van der Waals surface area contributed by atoms with Crippen LogP contribution in [0.15, 0.2) is 6.33 Å². The highest BCUT2D eigenvalue weighted by atomic mass is 32.2. The Morgan fingerprint density at radius 1 is 1.28 bits per heavy atom. The van der Waals surface area contributed by atoms with E-state index in [4.69, 9.17) is 0 Å². The lowest BCUT2D eigenvalue weighted by molar-refractivity contribution is -0.134. The van der Waals surface area contributed by atoms with Crippen molar-refractivity contribution in [3.63, 3.8) is 0 Å². The lowest BCUT2D eigenvalue weighted by atomic mass is 9.95. The average molecular weight is 369 g/mol. The quantitative estimate of drug-likeness (QED) is 0.767. The van der Waals surface area contributed by atoms with Crippen molar-refractivity contribution in [2.24, 2.45) is 7.05 Å². The summed E-state index contributed by atoms with van der Waals surface area (Å²) < 4.78 is 25.6. The molecule has 0 unspecified atom stereocenters. The zero-order chi connectivity index (χ0) is 18.0. The van der Waals surface area contributed by atoms with E-state index < -0.39 is 9.84 Å². The van der Waals surface area contributed by atoms with Gasteiger partial charge < -0.3 is 9.47 Å². The summed E-state index contributed by atoms with van der Waals surface area (Å²) in [5, 5.41) is 0. The van der Waals surface area contributed by atoms with Gasteiger partial charge in [0.05, 0.1) is 29.4 Å². The number of piperidine rings is 1. The Morgan fingerprint density at radius 3 is 2.68 bits per heavy atom. The van der Waals surface area contributed by atoms with Crippen LogP contribution in [0.4, 0.5) is 0 Å². The molecule has 8 heteroatoms. The molecule has 3 rings (SSSR count). The first-order valence-corrected chi connectivity index (χ1v) is 10.9. The number of likely N-dealkylation sites (tertiary alicyclic amines) is 1. The summed E-state index contributed by atoms with van der Waals surface area (Å²) >= 11 is 0. The van der Waals surface area contributed by atoms with Crippen LogP contribution in [0.25, 0.3) is 0 Å². The summed E-state index contributed by atoms with van der Waals surface area (Å²) in [6.07, 6.45) is 5.07. The van der Waals surface area contributed by atoms with Crippen LogP contribution in [0.3, 0.4) is 0 Å². The van der Waals surface area contributed by atoms with Gasteiger partial charge in [0.2, 0.25) is 5.91 Å². The fourth-order valence-electron chi connectivity index (χ4n) is 3.79. The molecule has 7 nitrogen and oxygen atoms in total. The van der Waals surface area contributed by atoms with E-state index in [1.54, 1.807) is 13.3 Å². The third-order valence-electron chi connectivity index (χ3n) is 5.33. The van der Waals surface area contributed by atoms with Crippen LogP contribution < -0.4 is 0 Å². The highest BCUT2D eigenvalue weighted by molar-refractivity contribution is 7.91. The zero-order valence-electron chi connectivity index (χ0n) is 15.1. The number of carbonyl (C=O) groups is 1. The highest BCUT2D eigenvalue weighted by Gasteiger charge is 2.36. The van der Waals surface area contributed by atoms with Crippen LogP contribution in [0.1, 0.15) is 43.5 Å². The van der Waals surface area contributed by atoms with Crippen molar-refractivity contribution in [2.45, 2.75) is 38.6 Å². The van der Waals surface area contributed by atoms with Gasteiger partial charge in [-0.05, 0) is 19.3 Å². The molecule has 1 saturated heterocycles. The minimum Gasteiger partial charge on any atom is -0.342 e. The SMILES string of the molecule is CCS(=O)(=O)CCN1Cc2ncn(C)c2[C@@H](C(=O)N2CCCCC2)C1. The highest BCUT2D eigenvalue weighted by Crippen LogP contribution is 2.29. The van der Waals surface area contributed by atoms with E-state index in [9.17, 15) is 13.2 Å². The van der Waals surface area contributed by atoms with Crippen molar-refractivity contribution in [1.29, 1.82) is 0 Å². The molecule has 1 atom stereocenters. The minimum atomic E-state index is -3.01. The molecule has 1 aromatic heterocycles. The second-order valence-corrected chi connectivity index (χ2v) is 9.57. The summed E-state index contributed by atoms with van der Waals surface area (Å²) in [6, 6.07) is 0. The Balaban J connectivity index is 1.78. The molecule has 2 aliphatic rings. The van der Waals surface area contributed by atoms with Crippen molar-refractivity contribution in [2.75, 3.05) is 37.7 Å². The fourth-order valence-corrected chi connectivity index (χ4v) is 4.62. The van der Waals surface area contributed by atoms with Gasteiger partial charge in [-0.25, -0.2) is 13.4 Å². The molecular formula is C17H28N4O3S. The molecule has 140 valence electrons. The van der Waals surface area contributed by atoms with E-state index in [0.29, 0.717) is 19.6 Å². The lowest BCUT2D eigenvalue weighted by Gasteiger charge is -2.36. The van der Waals surface area contributed by atoms with E-state index in [1.807, 2.05) is 16.5 Å². The topological polar surface area (TPSA) is 75.5 Å². The number of carbonyl (C=O) groups excluding carboxylic acids is 1. The van der Waals surface area contributed by atoms with E-state index in [2.05, 4.69) is 9.88 Å². The van der Waals surface area contributed by atoms with Crippen LogP contribution in [0, 0.1) is 0 Å². The minimum absolute atomic E-state index is 0.135. The van der Waals surface area contributed by atoms with E-state index in [0.717, 1.165) is 37.3 Å². The molecule has 0 saturated carbocycles. The monoisotopic (exact) mass is 368 g/mol. The van der Waals surface area contributed by atoms with Crippen LogP contribution in [-0.2, 0) is 28.2 Å². The predicted molar refractivity (Wildman–Crippen MR) is 96.0 cm³/mol. The Kier molecular flexibility index (Phi) is 5.48. The molecule has 0 aliphatic carbocycles. The molecule has 1 fully saturated rings.